The third kappa shape index (κ3) is 4.26. The summed E-state index contributed by atoms with van der Waals surface area (Å²) in [5, 5.41) is 3.01. The van der Waals surface area contributed by atoms with Gasteiger partial charge in [-0.2, -0.15) is 0 Å². The van der Waals surface area contributed by atoms with E-state index in [1.54, 1.807) is 0 Å². The van der Waals surface area contributed by atoms with Crippen LogP contribution in [0.1, 0.15) is 64.9 Å². The topological polar surface area (TPSA) is 55.1 Å². The minimum absolute atomic E-state index is 0.0769. The molecule has 0 saturated carbocycles. The van der Waals surface area contributed by atoms with Gasteiger partial charge in [0.05, 0.1) is 0 Å². The average molecular weight is 276 g/mol. The lowest BCUT2D eigenvalue weighted by molar-refractivity contribution is -0.120. The summed E-state index contributed by atoms with van der Waals surface area (Å²) in [4.78, 5) is 12.2. The van der Waals surface area contributed by atoms with Gasteiger partial charge in [-0.05, 0) is 55.4 Å². The molecule has 0 heterocycles. The van der Waals surface area contributed by atoms with Crippen molar-refractivity contribution in [1.82, 2.24) is 0 Å². The number of benzene rings is 1. The molecule has 0 spiro atoms. The highest BCUT2D eigenvalue weighted by molar-refractivity contribution is 5.93. The molecule has 3 nitrogen and oxygen atoms in total. The molecule has 1 aromatic carbocycles. The van der Waals surface area contributed by atoms with Crippen LogP contribution in [0.15, 0.2) is 18.2 Å². The zero-order valence-corrected chi connectivity index (χ0v) is 13.2. The van der Waals surface area contributed by atoms with Gasteiger partial charge in [0.1, 0.15) is 0 Å². The highest BCUT2D eigenvalue weighted by Crippen LogP contribution is 2.28. The Kier molecular flexibility index (Phi) is 6.56. The van der Waals surface area contributed by atoms with Crippen LogP contribution in [0.25, 0.3) is 0 Å². The number of carbonyl (C=O) groups excluding carboxylic acids is 1. The summed E-state index contributed by atoms with van der Waals surface area (Å²) in [6.45, 7) is 8.45. The van der Waals surface area contributed by atoms with E-state index in [4.69, 9.17) is 5.73 Å². The zero-order chi connectivity index (χ0) is 15.1. The van der Waals surface area contributed by atoms with Crippen molar-refractivity contribution in [2.75, 3.05) is 11.1 Å². The molecule has 1 amide bonds. The van der Waals surface area contributed by atoms with Crippen LogP contribution in [-0.4, -0.2) is 5.91 Å². The Labute approximate surface area is 122 Å². The van der Waals surface area contributed by atoms with E-state index in [1.165, 1.54) is 5.56 Å². The molecule has 3 N–H and O–H groups in total. The Morgan fingerprint density at radius 1 is 1.05 bits per heavy atom. The molecule has 0 radical (unpaired) electrons. The second-order valence-electron chi connectivity index (χ2n) is 5.40. The number of anilines is 2. The normalized spacial score (nSPS) is 11.1. The Bertz CT molecular complexity index is 435. The molecule has 3 heteroatoms. The van der Waals surface area contributed by atoms with Crippen LogP contribution >= 0.6 is 0 Å². The van der Waals surface area contributed by atoms with Crippen molar-refractivity contribution in [3.8, 4) is 0 Å². The molecule has 0 atom stereocenters. The van der Waals surface area contributed by atoms with Gasteiger partial charge in [0.2, 0.25) is 5.91 Å². The van der Waals surface area contributed by atoms with Crippen LogP contribution in [0.4, 0.5) is 11.4 Å². The first-order valence-electron chi connectivity index (χ1n) is 7.76. The lowest BCUT2D eigenvalue weighted by atomic mass is 9.93. The molecule has 0 aliphatic heterocycles. The molecule has 1 rings (SSSR count). The Hall–Kier alpha value is -1.51. The van der Waals surface area contributed by atoms with E-state index in [-0.39, 0.29) is 11.8 Å². The van der Waals surface area contributed by atoms with Crippen molar-refractivity contribution in [3.63, 3.8) is 0 Å². The summed E-state index contributed by atoms with van der Waals surface area (Å²) in [5.41, 5.74) is 8.73. The minimum atomic E-state index is 0.0769. The molecule has 0 unspecified atom stereocenters. The molecular weight excluding hydrogens is 248 g/mol. The van der Waals surface area contributed by atoms with E-state index in [0.29, 0.717) is 11.6 Å². The second-order valence-corrected chi connectivity index (χ2v) is 5.40. The molecule has 0 saturated heterocycles. The van der Waals surface area contributed by atoms with Crippen molar-refractivity contribution in [2.45, 2.75) is 59.3 Å². The lowest BCUT2D eigenvalue weighted by Gasteiger charge is -2.17. The number of carbonyl (C=O) groups is 1. The maximum absolute atomic E-state index is 12.2. The third-order valence-corrected chi connectivity index (χ3v) is 4.06. The van der Waals surface area contributed by atoms with Gasteiger partial charge < -0.3 is 11.1 Å². The Morgan fingerprint density at radius 3 is 2.15 bits per heavy atom. The fraction of sp³-hybridized carbons (Fsp3) is 0.588. The number of amides is 1. The number of nitrogens with one attached hydrogen (secondary N) is 1. The van der Waals surface area contributed by atoms with Gasteiger partial charge in [-0.25, -0.2) is 0 Å². The third-order valence-electron chi connectivity index (χ3n) is 4.06. The molecule has 0 aliphatic rings. The van der Waals surface area contributed by atoms with Gasteiger partial charge in [-0.3, -0.25) is 4.79 Å². The number of hydrogen-bond donors (Lipinski definition) is 2. The number of nitrogens with two attached hydrogens (primary N) is 1. The average Bonchev–Trinajstić information content (AvgIpc) is 2.40. The van der Waals surface area contributed by atoms with Gasteiger partial charge in [0.15, 0.2) is 0 Å². The van der Waals surface area contributed by atoms with Crippen LogP contribution in [0, 0.1) is 5.92 Å². The van der Waals surface area contributed by atoms with Crippen LogP contribution in [-0.2, 0) is 4.79 Å². The van der Waals surface area contributed by atoms with Crippen molar-refractivity contribution in [2.24, 2.45) is 5.92 Å². The summed E-state index contributed by atoms with van der Waals surface area (Å²) in [7, 11) is 0. The molecule has 0 aromatic heterocycles. The minimum Gasteiger partial charge on any atom is -0.399 e. The van der Waals surface area contributed by atoms with Crippen molar-refractivity contribution >= 4 is 17.3 Å². The summed E-state index contributed by atoms with van der Waals surface area (Å²) >= 11 is 0. The van der Waals surface area contributed by atoms with Crippen LogP contribution in [0.2, 0.25) is 0 Å². The van der Waals surface area contributed by atoms with E-state index >= 15 is 0 Å². The van der Waals surface area contributed by atoms with Crippen molar-refractivity contribution < 1.29 is 4.79 Å². The first-order chi connectivity index (χ1) is 9.55. The van der Waals surface area contributed by atoms with E-state index in [1.807, 2.05) is 26.0 Å². The first-order valence-corrected chi connectivity index (χ1v) is 7.76. The van der Waals surface area contributed by atoms with E-state index < -0.39 is 0 Å². The first kappa shape index (κ1) is 16.5. The molecular formula is C17H28N2O. The van der Waals surface area contributed by atoms with Gasteiger partial charge >= 0.3 is 0 Å². The van der Waals surface area contributed by atoms with Gasteiger partial charge in [0.25, 0.3) is 0 Å². The zero-order valence-electron chi connectivity index (χ0n) is 13.2. The summed E-state index contributed by atoms with van der Waals surface area (Å²) < 4.78 is 0. The fourth-order valence-corrected chi connectivity index (χ4v) is 2.65. The summed E-state index contributed by atoms with van der Waals surface area (Å²) in [5.74, 6) is 0.673. The quantitative estimate of drug-likeness (QED) is 0.718. The van der Waals surface area contributed by atoms with Gasteiger partial charge in [0, 0.05) is 17.3 Å². The predicted octanol–water partition coefficient (Wildman–Crippen LogP) is 4.55. The standard InChI is InChI=1S/C17H28N2O/c1-5-12(6-2)14-9-15(18)11-16(10-14)19-17(20)13(7-3)8-4/h9-13H,5-8,18H2,1-4H3,(H,19,20). The number of rotatable bonds is 7. The molecule has 1 aromatic rings. The second kappa shape index (κ2) is 7.93. The summed E-state index contributed by atoms with van der Waals surface area (Å²) in [6, 6.07) is 5.92. The maximum atomic E-state index is 12.2. The Morgan fingerprint density at radius 2 is 1.65 bits per heavy atom. The molecule has 0 aliphatic carbocycles. The van der Waals surface area contributed by atoms with Gasteiger partial charge in [-0.15, -0.1) is 0 Å². The van der Waals surface area contributed by atoms with Crippen molar-refractivity contribution in [3.05, 3.63) is 23.8 Å². The van der Waals surface area contributed by atoms with Crippen LogP contribution in [0.3, 0.4) is 0 Å². The SMILES string of the molecule is CCC(CC)C(=O)Nc1cc(N)cc(C(CC)CC)c1. The van der Waals surface area contributed by atoms with E-state index in [2.05, 4.69) is 25.2 Å². The van der Waals surface area contributed by atoms with Crippen LogP contribution < -0.4 is 11.1 Å². The van der Waals surface area contributed by atoms with Gasteiger partial charge in [-0.1, -0.05) is 27.7 Å². The Balaban J connectivity index is 2.93. The lowest BCUT2D eigenvalue weighted by Crippen LogP contribution is -2.21. The fourth-order valence-electron chi connectivity index (χ4n) is 2.65. The summed E-state index contributed by atoms with van der Waals surface area (Å²) in [6.07, 6.45) is 3.90. The predicted molar refractivity (Wildman–Crippen MR) is 86.9 cm³/mol. The number of hydrogen-bond acceptors (Lipinski definition) is 2. The molecule has 0 fully saturated rings. The van der Waals surface area contributed by atoms with Crippen molar-refractivity contribution in [1.29, 1.82) is 0 Å². The highest BCUT2D eigenvalue weighted by atomic mass is 16.1. The largest absolute Gasteiger partial charge is 0.399 e. The van der Waals surface area contributed by atoms with E-state index in [9.17, 15) is 4.79 Å². The monoisotopic (exact) mass is 276 g/mol. The van der Waals surface area contributed by atoms with E-state index in [0.717, 1.165) is 31.4 Å². The molecule has 20 heavy (non-hydrogen) atoms. The smallest absolute Gasteiger partial charge is 0.227 e. The highest BCUT2D eigenvalue weighted by Gasteiger charge is 2.15. The van der Waals surface area contributed by atoms with Crippen LogP contribution in [0.5, 0.6) is 0 Å². The maximum Gasteiger partial charge on any atom is 0.227 e. The number of nitrogen functional groups attached to an aromatic ring is 1. The molecule has 112 valence electrons. The molecule has 0 bridgehead atoms.